The minimum Gasteiger partial charge on any atom is -0.354 e. The van der Waals surface area contributed by atoms with Crippen molar-refractivity contribution >= 4 is 17.4 Å². The fourth-order valence-electron chi connectivity index (χ4n) is 2.06. The van der Waals surface area contributed by atoms with Crippen LogP contribution < -0.4 is 4.90 Å². The fraction of sp³-hybridized carbons (Fsp3) is 0.583. The van der Waals surface area contributed by atoms with Gasteiger partial charge in [0.25, 0.3) is 0 Å². The van der Waals surface area contributed by atoms with Crippen molar-refractivity contribution in [2.24, 2.45) is 0 Å². The van der Waals surface area contributed by atoms with Gasteiger partial charge in [0.1, 0.15) is 5.82 Å². The molecular weight excluding hydrogens is 279 g/mol. The second-order valence-electron chi connectivity index (χ2n) is 4.42. The highest BCUT2D eigenvalue weighted by Gasteiger charge is 2.31. The molecule has 0 atom stereocenters. The Balaban J connectivity index is 1.97. The van der Waals surface area contributed by atoms with Gasteiger partial charge in [-0.2, -0.15) is 13.2 Å². The average Bonchev–Trinajstić information content (AvgIpc) is 2.39. The lowest BCUT2D eigenvalue weighted by molar-refractivity contribution is -0.137. The van der Waals surface area contributed by atoms with E-state index in [0.29, 0.717) is 11.7 Å². The van der Waals surface area contributed by atoms with Crippen LogP contribution in [0.4, 0.5) is 19.0 Å². The molecule has 1 aromatic heterocycles. The Hall–Kier alpha value is -1.01. The van der Waals surface area contributed by atoms with E-state index in [9.17, 15) is 13.2 Å². The molecule has 0 amide bonds. The maximum absolute atomic E-state index is 12.4. The van der Waals surface area contributed by atoms with Crippen molar-refractivity contribution < 1.29 is 13.2 Å². The Morgan fingerprint density at radius 1 is 1.16 bits per heavy atom. The van der Waals surface area contributed by atoms with Gasteiger partial charge in [0, 0.05) is 44.8 Å². The van der Waals surface area contributed by atoms with Gasteiger partial charge in [-0.3, -0.25) is 4.90 Å². The molecule has 1 fully saturated rings. The third kappa shape index (κ3) is 3.73. The van der Waals surface area contributed by atoms with E-state index < -0.39 is 11.7 Å². The van der Waals surface area contributed by atoms with Crippen molar-refractivity contribution in [3.8, 4) is 0 Å². The quantitative estimate of drug-likeness (QED) is 0.798. The zero-order valence-corrected chi connectivity index (χ0v) is 11.1. The predicted octanol–water partition coefficient (Wildman–Crippen LogP) is 2.46. The van der Waals surface area contributed by atoms with Gasteiger partial charge in [-0.05, 0) is 12.1 Å². The number of nitrogens with zero attached hydrogens (tertiary/aromatic N) is 3. The molecule has 0 unspecified atom stereocenters. The van der Waals surface area contributed by atoms with Crippen molar-refractivity contribution in [2.75, 3.05) is 43.5 Å². The Morgan fingerprint density at radius 3 is 2.32 bits per heavy atom. The van der Waals surface area contributed by atoms with Gasteiger partial charge in [0.15, 0.2) is 0 Å². The van der Waals surface area contributed by atoms with E-state index >= 15 is 0 Å². The lowest BCUT2D eigenvalue weighted by Crippen LogP contribution is -2.47. The number of halogens is 4. The number of alkyl halides is 4. The molecule has 0 aromatic carbocycles. The summed E-state index contributed by atoms with van der Waals surface area (Å²) in [6, 6.07) is 2.51. The van der Waals surface area contributed by atoms with E-state index in [4.69, 9.17) is 11.6 Å². The van der Waals surface area contributed by atoms with Crippen LogP contribution in [0, 0.1) is 0 Å². The molecule has 1 aliphatic rings. The van der Waals surface area contributed by atoms with E-state index in [1.165, 1.54) is 6.07 Å². The molecule has 3 nitrogen and oxygen atoms in total. The molecule has 2 rings (SSSR count). The maximum Gasteiger partial charge on any atom is 0.417 e. The first-order valence-corrected chi connectivity index (χ1v) is 6.60. The molecule has 0 N–H and O–H groups in total. The van der Waals surface area contributed by atoms with Crippen LogP contribution in [0.1, 0.15) is 5.56 Å². The molecule has 0 bridgehead atoms. The molecule has 0 radical (unpaired) electrons. The van der Waals surface area contributed by atoms with Crippen LogP contribution in [-0.2, 0) is 6.18 Å². The van der Waals surface area contributed by atoms with E-state index in [1.54, 1.807) is 0 Å². The second kappa shape index (κ2) is 5.96. The van der Waals surface area contributed by atoms with Gasteiger partial charge in [-0.15, -0.1) is 11.6 Å². The number of piperazine rings is 1. The predicted molar refractivity (Wildman–Crippen MR) is 68.6 cm³/mol. The molecule has 0 saturated carbocycles. The maximum atomic E-state index is 12.4. The van der Waals surface area contributed by atoms with Gasteiger partial charge in [0.2, 0.25) is 0 Å². The lowest BCUT2D eigenvalue weighted by atomic mass is 10.2. The third-order valence-corrected chi connectivity index (χ3v) is 3.34. The van der Waals surface area contributed by atoms with Crippen LogP contribution in [0.2, 0.25) is 0 Å². The van der Waals surface area contributed by atoms with E-state index in [0.717, 1.165) is 45.0 Å². The topological polar surface area (TPSA) is 19.4 Å². The van der Waals surface area contributed by atoms with E-state index in [2.05, 4.69) is 9.88 Å². The summed E-state index contributed by atoms with van der Waals surface area (Å²) in [6.07, 6.45) is -3.44. The smallest absolute Gasteiger partial charge is 0.354 e. The summed E-state index contributed by atoms with van der Waals surface area (Å²) in [5.41, 5.74) is -0.711. The zero-order chi connectivity index (χ0) is 13.9. The van der Waals surface area contributed by atoms with Gasteiger partial charge >= 0.3 is 6.18 Å². The normalized spacial score (nSPS) is 17.8. The molecular formula is C12H15ClF3N3. The Bertz CT molecular complexity index is 400. The summed E-state index contributed by atoms with van der Waals surface area (Å²) >= 11 is 5.67. The monoisotopic (exact) mass is 293 g/mol. The first kappa shape index (κ1) is 14.4. The first-order valence-electron chi connectivity index (χ1n) is 6.07. The van der Waals surface area contributed by atoms with Crippen LogP contribution in [-0.4, -0.2) is 48.5 Å². The Kier molecular flexibility index (Phi) is 4.52. The number of anilines is 1. The average molecular weight is 294 g/mol. The molecule has 0 spiro atoms. The van der Waals surface area contributed by atoms with Crippen molar-refractivity contribution in [2.45, 2.75) is 6.18 Å². The van der Waals surface area contributed by atoms with E-state index in [1.807, 2.05) is 4.90 Å². The summed E-state index contributed by atoms with van der Waals surface area (Å²) < 4.78 is 37.3. The molecule has 7 heteroatoms. The molecule has 1 aliphatic heterocycles. The van der Waals surface area contributed by atoms with Crippen LogP contribution >= 0.6 is 11.6 Å². The summed E-state index contributed by atoms with van der Waals surface area (Å²) in [5.74, 6) is 1.19. The van der Waals surface area contributed by atoms with Crippen molar-refractivity contribution in [3.63, 3.8) is 0 Å². The molecule has 2 heterocycles. The van der Waals surface area contributed by atoms with Crippen molar-refractivity contribution in [1.29, 1.82) is 0 Å². The van der Waals surface area contributed by atoms with Crippen molar-refractivity contribution in [3.05, 3.63) is 23.9 Å². The highest BCUT2D eigenvalue weighted by atomic mass is 35.5. The fourth-order valence-corrected chi connectivity index (χ4v) is 2.30. The lowest BCUT2D eigenvalue weighted by Gasteiger charge is -2.35. The zero-order valence-electron chi connectivity index (χ0n) is 10.3. The number of hydrogen-bond acceptors (Lipinski definition) is 3. The SMILES string of the molecule is FC(F)(F)c1ccc(N2CCN(CCCl)CC2)nc1. The van der Waals surface area contributed by atoms with Crippen LogP contribution in [0.3, 0.4) is 0 Å². The Labute approximate surface area is 115 Å². The number of hydrogen-bond donors (Lipinski definition) is 0. The van der Waals surface area contributed by atoms with Crippen LogP contribution in [0.25, 0.3) is 0 Å². The van der Waals surface area contributed by atoms with E-state index in [-0.39, 0.29) is 0 Å². The minimum atomic E-state index is -4.33. The largest absolute Gasteiger partial charge is 0.417 e. The van der Waals surface area contributed by atoms with Gasteiger partial charge in [0.05, 0.1) is 5.56 Å². The highest BCUT2D eigenvalue weighted by Crippen LogP contribution is 2.29. The number of rotatable bonds is 3. The second-order valence-corrected chi connectivity index (χ2v) is 4.80. The number of aromatic nitrogens is 1. The number of pyridine rings is 1. The van der Waals surface area contributed by atoms with Crippen molar-refractivity contribution in [1.82, 2.24) is 9.88 Å². The van der Waals surface area contributed by atoms with Gasteiger partial charge in [-0.25, -0.2) is 4.98 Å². The van der Waals surface area contributed by atoms with Gasteiger partial charge < -0.3 is 4.90 Å². The summed E-state index contributed by atoms with van der Waals surface area (Å²) in [7, 11) is 0. The van der Waals surface area contributed by atoms with Crippen LogP contribution in [0.15, 0.2) is 18.3 Å². The molecule has 1 aromatic rings. The molecule has 19 heavy (non-hydrogen) atoms. The highest BCUT2D eigenvalue weighted by molar-refractivity contribution is 6.18. The summed E-state index contributed by atoms with van der Waals surface area (Å²) in [5, 5.41) is 0. The van der Waals surface area contributed by atoms with Gasteiger partial charge in [-0.1, -0.05) is 0 Å². The molecule has 0 aliphatic carbocycles. The standard InChI is InChI=1S/C12H15ClF3N3/c13-3-4-18-5-7-19(8-6-18)11-2-1-10(9-17-11)12(14,15)16/h1-2,9H,3-8H2. The molecule has 1 saturated heterocycles. The van der Waals surface area contributed by atoms with Crippen LogP contribution in [0.5, 0.6) is 0 Å². The summed E-state index contributed by atoms with van der Waals surface area (Å²) in [6.45, 7) is 4.07. The summed E-state index contributed by atoms with van der Waals surface area (Å²) in [4.78, 5) is 8.12. The first-order chi connectivity index (χ1) is 9.00. The molecule has 106 valence electrons. The third-order valence-electron chi connectivity index (χ3n) is 3.17. The Morgan fingerprint density at radius 2 is 1.84 bits per heavy atom. The minimum absolute atomic E-state index is 0.596.